The van der Waals surface area contributed by atoms with Crippen molar-refractivity contribution >= 4 is 23.6 Å². The molecule has 0 fully saturated rings. The third-order valence-corrected chi connectivity index (χ3v) is 3.33. The van der Waals surface area contributed by atoms with Crippen LogP contribution in [0.3, 0.4) is 0 Å². The van der Waals surface area contributed by atoms with Crippen molar-refractivity contribution in [2.45, 2.75) is 0 Å². The van der Waals surface area contributed by atoms with E-state index in [1.54, 1.807) is 42.5 Å². The van der Waals surface area contributed by atoms with Crippen LogP contribution in [-0.2, 0) is 9.53 Å². The fourth-order valence-corrected chi connectivity index (χ4v) is 2.05. The molecular formula is C19H16ClNO4. The number of carbonyl (C=O) groups excluding carboxylic acids is 1. The van der Waals surface area contributed by atoms with Crippen LogP contribution in [0.25, 0.3) is 6.08 Å². The first-order valence-electron chi connectivity index (χ1n) is 7.51. The maximum absolute atomic E-state index is 11.7. The lowest BCUT2D eigenvalue weighted by Crippen LogP contribution is -2.10. The minimum Gasteiger partial charge on any atom is -0.488 e. The summed E-state index contributed by atoms with van der Waals surface area (Å²) in [6.07, 6.45) is 2.96. The summed E-state index contributed by atoms with van der Waals surface area (Å²) in [6.45, 7) is 0.335. The van der Waals surface area contributed by atoms with Gasteiger partial charge in [0.25, 0.3) is 0 Å². The van der Waals surface area contributed by atoms with E-state index in [0.29, 0.717) is 16.5 Å². The zero-order valence-electron chi connectivity index (χ0n) is 13.4. The van der Waals surface area contributed by atoms with Crippen LogP contribution in [0.5, 0.6) is 11.5 Å². The molecule has 0 aliphatic carbocycles. The van der Waals surface area contributed by atoms with Crippen LogP contribution < -0.4 is 9.47 Å². The summed E-state index contributed by atoms with van der Waals surface area (Å²) in [7, 11) is 0. The van der Waals surface area contributed by atoms with Gasteiger partial charge < -0.3 is 14.2 Å². The van der Waals surface area contributed by atoms with Crippen molar-refractivity contribution < 1.29 is 19.0 Å². The van der Waals surface area contributed by atoms with Gasteiger partial charge in [0, 0.05) is 6.08 Å². The van der Waals surface area contributed by atoms with Gasteiger partial charge in [0.1, 0.15) is 30.8 Å². The Kier molecular flexibility index (Phi) is 7.36. The maximum Gasteiger partial charge on any atom is 0.330 e. The summed E-state index contributed by atoms with van der Waals surface area (Å²) in [5.74, 6) is 0.681. The Labute approximate surface area is 151 Å². The van der Waals surface area contributed by atoms with E-state index in [0.717, 1.165) is 5.56 Å². The molecule has 5 nitrogen and oxygen atoms in total. The molecule has 2 rings (SSSR count). The number of ether oxygens (including phenoxy) is 3. The first-order valence-corrected chi connectivity index (χ1v) is 7.89. The molecule has 0 radical (unpaired) electrons. The molecule has 0 aromatic heterocycles. The summed E-state index contributed by atoms with van der Waals surface area (Å²) in [5, 5.41) is 8.95. The van der Waals surface area contributed by atoms with Gasteiger partial charge in [-0.15, -0.1) is 0 Å². The number of rotatable bonds is 8. The lowest BCUT2D eigenvalue weighted by molar-refractivity contribution is -0.138. The largest absolute Gasteiger partial charge is 0.488 e. The molecule has 0 heterocycles. The normalized spacial score (nSPS) is 10.2. The lowest BCUT2D eigenvalue weighted by Gasteiger charge is -2.07. The molecule has 0 N–H and O–H groups in total. The van der Waals surface area contributed by atoms with Crippen LogP contribution in [0.4, 0.5) is 0 Å². The number of carbonyl (C=O) groups is 1. The minimum atomic E-state index is -0.465. The van der Waals surface area contributed by atoms with Crippen molar-refractivity contribution in [2.75, 3.05) is 19.8 Å². The predicted octanol–water partition coefficient (Wildman–Crippen LogP) is 3.88. The van der Waals surface area contributed by atoms with Crippen LogP contribution in [0, 0.1) is 11.3 Å². The van der Waals surface area contributed by atoms with Gasteiger partial charge in [0.2, 0.25) is 0 Å². The van der Waals surface area contributed by atoms with Crippen molar-refractivity contribution in [3.63, 3.8) is 0 Å². The molecule has 128 valence electrons. The van der Waals surface area contributed by atoms with Gasteiger partial charge in [-0.05, 0) is 35.9 Å². The Balaban J connectivity index is 1.71. The Hall–Kier alpha value is -2.97. The first-order chi connectivity index (χ1) is 12.2. The molecule has 0 atom stereocenters. The summed E-state index contributed by atoms with van der Waals surface area (Å²) < 4.78 is 15.6. The molecule has 2 aromatic rings. The predicted molar refractivity (Wildman–Crippen MR) is 94.5 cm³/mol. The molecule has 0 aliphatic heterocycles. The fourth-order valence-electron chi connectivity index (χ4n) is 1.86. The Morgan fingerprint density at radius 1 is 1.08 bits per heavy atom. The number of benzene rings is 2. The number of hydrogen-bond acceptors (Lipinski definition) is 5. The molecule has 0 spiro atoms. The SMILES string of the molecule is N#CCOc1ccc(/C=C/C(=O)OCCOc2ccccc2Cl)cc1. The fraction of sp³-hybridized carbons (Fsp3) is 0.158. The molecule has 2 aromatic carbocycles. The molecule has 0 saturated carbocycles. The number of nitriles is 1. The van der Waals surface area contributed by atoms with Crippen LogP contribution >= 0.6 is 11.6 Å². The molecule has 25 heavy (non-hydrogen) atoms. The van der Waals surface area contributed by atoms with Gasteiger partial charge in [-0.3, -0.25) is 0 Å². The van der Waals surface area contributed by atoms with E-state index >= 15 is 0 Å². The van der Waals surface area contributed by atoms with E-state index in [4.69, 9.17) is 31.1 Å². The van der Waals surface area contributed by atoms with Gasteiger partial charge in [-0.2, -0.15) is 5.26 Å². The topological polar surface area (TPSA) is 68.5 Å². The van der Waals surface area contributed by atoms with Crippen LogP contribution in [0.1, 0.15) is 5.56 Å². The van der Waals surface area contributed by atoms with Crippen LogP contribution in [-0.4, -0.2) is 25.8 Å². The van der Waals surface area contributed by atoms with E-state index in [9.17, 15) is 4.79 Å². The van der Waals surface area contributed by atoms with Gasteiger partial charge in [0.05, 0.1) is 5.02 Å². The molecule has 0 bridgehead atoms. The van der Waals surface area contributed by atoms with E-state index < -0.39 is 5.97 Å². The summed E-state index contributed by atoms with van der Waals surface area (Å²) in [4.78, 5) is 11.7. The summed E-state index contributed by atoms with van der Waals surface area (Å²) >= 11 is 5.95. The third-order valence-electron chi connectivity index (χ3n) is 3.02. The molecule has 0 unspecified atom stereocenters. The minimum absolute atomic E-state index is 0.00221. The van der Waals surface area contributed by atoms with Gasteiger partial charge in [-0.1, -0.05) is 35.9 Å². The third kappa shape index (κ3) is 6.58. The number of hydrogen-bond donors (Lipinski definition) is 0. The Morgan fingerprint density at radius 3 is 2.56 bits per heavy atom. The van der Waals surface area contributed by atoms with Gasteiger partial charge in [0.15, 0.2) is 6.61 Å². The number of esters is 1. The highest BCUT2D eigenvalue weighted by Gasteiger charge is 2.01. The molecular weight excluding hydrogens is 342 g/mol. The Bertz CT molecular complexity index is 766. The number of para-hydroxylation sites is 1. The zero-order valence-corrected chi connectivity index (χ0v) is 14.1. The van der Waals surface area contributed by atoms with Crippen LogP contribution in [0.2, 0.25) is 5.02 Å². The summed E-state index contributed by atoms with van der Waals surface area (Å²) in [5.41, 5.74) is 0.813. The van der Waals surface area contributed by atoms with Crippen molar-refractivity contribution in [1.29, 1.82) is 5.26 Å². The molecule has 0 saturated heterocycles. The highest BCUT2D eigenvalue weighted by Crippen LogP contribution is 2.22. The highest BCUT2D eigenvalue weighted by molar-refractivity contribution is 6.32. The van der Waals surface area contributed by atoms with Crippen molar-refractivity contribution in [2.24, 2.45) is 0 Å². The number of nitrogens with zero attached hydrogens (tertiary/aromatic N) is 1. The van der Waals surface area contributed by atoms with E-state index in [2.05, 4.69) is 0 Å². The monoisotopic (exact) mass is 357 g/mol. The second-order valence-corrected chi connectivity index (χ2v) is 5.20. The van der Waals surface area contributed by atoms with Crippen molar-refractivity contribution in [3.8, 4) is 17.6 Å². The second kappa shape index (κ2) is 10.0. The highest BCUT2D eigenvalue weighted by atomic mass is 35.5. The van der Waals surface area contributed by atoms with E-state index in [1.165, 1.54) is 6.08 Å². The average Bonchev–Trinajstić information content (AvgIpc) is 2.64. The van der Waals surface area contributed by atoms with Crippen molar-refractivity contribution in [1.82, 2.24) is 0 Å². The van der Waals surface area contributed by atoms with Crippen LogP contribution in [0.15, 0.2) is 54.6 Å². The zero-order chi connectivity index (χ0) is 17.9. The molecule has 0 amide bonds. The molecule has 0 aliphatic rings. The number of halogens is 1. The quantitative estimate of drug-likeness (QED) is 0.407. The second-order valence-electron chi connectivity index (χ2n) is 4.80. The van der Waals surface area contributed by atoms with E-state index in [-0.39, 0.29) is 19.8 Å². The average molecular weight is 358 g/mol. The maximum atomic E-state index is 11.7. The van der Waals surface area contributed by atoms with E-state index in [1.807, 2.05) is 18.2 Å². The summed E-state index contributed by atoms with van der Waals surface area (Å²) in [6, 6.07) is 16.0. The van der Waals surface area contributed by atoms with Gasteiger partial charge in [-0.25, -0.2) is 4.79 Å². The lowest BCUT2D eigenvalue weighted by atomic mass is 10.2. The first kappa shape index (κ1) is 18.4. The Morgan fingerprint density at radius 2 is 1.84 bits per heavy atom. The van der Waals surface area contributed by atoms with Gasteiger partial charge >= 0.3 is 5.97 Å². The molecule has 6 heteroatoms. The smallest absolute Gasteiger partial charge is 0.330 e. The van der Waals surface area contributed by atoms with Crippen molar-refractivity contribution in [3.05, 3.63) is 65.2 Å². The standard InChI is InChI=1S/C19H16ClNO4/c20-17-3-1-2-4-18(17)24-13-14-25-19(22)10-7-15-5-8-16(9-6-15)23-12-11-21/h1-10H,12-14H2/b10-7+.